The van der Waals surface area contributed by atoms with Crippen LogP contribution >= 0.6 is 0 Å². The SMILES string of the molecule is CCC(CC)(c1ccccc1)C(NC)c1cnccc1C. The third-order valence-electron chi connectivity index (χ3n) is 4.84. The lowest BCUT2D eigenvalue weighted by Crippen LogP contribution is -2.40. The molecule has 1 aromatic heterocycles. The maximum atomic E-state index is 4.35. The average Bonchev–Trinajstić information content (AvgIpc) is 2.55. The standard InChI is InChI=1S/C19H26N2/c1-5-19(6-2,16-10-8-7-9-11-16)18(20-4)17-14-21-13-12-15(17)3/h7-14,18,20H,5-6H2,1-4H3. The summed E-state index contributed by atoms with van der Waals surface area (Å²) in [4.78, 5) is 4.35. The minimum Gasteiger partial charge on any atom is -0.312 e. The summed E-state index contributed by atoms with van der Waals surface area (Å²) < 4.78 is 0. The third-order valence-corrected chi connectivity index (χ3v) is 4.84. The number of benzene rings is 1. The van der Waals surface area contributed by atoms with Gasteiger partial charge in [-0.05, 0) is 49.6 Å². The van der Waals surface area contributed by atoms with Gasteiger partial charge in [0.2, 0.25) is 0 Å². The van der Waals surface area contributed by atoms with Crippen molar-refractivity contribution in [2.45, 2.75) is 45.1 Å². The van der Waals surface area contributed by atoms with Crippen LogP contribution in [-0.4, -0.2) is 12.0 Å². The molecule has 1 unspecified atom stereocenters. The van der Waals surface area contributed by atoms with Crippen LogP contribution in [0.2, 0.25) is 0 Å². The number of hydrogen-bond acceptors (Lipinski definition) is 2. The molecule has 0 saturated carbocycles. The molecular weight excluding hydrogens is 256 g/mol. The topological polar surface area (TPSA) is 24.9 Å². The molecule has 1 atom stereocenters. The summed E-state index contributed by atoms with van der Waals surface area (Å²) in [6.07, 6.45) is 6.06. The van der Waals surface area contributed by atoms with Gasteiger partial charge in [-0.3, -0.25) is 4.98 Å². The lowest BCUT2D eigenvalue weighted by atomic mass is 9.68. The number of likely N-dealkylation sites (N-methyl/N-ethyl adjacent to an activating group) is 1. The summed E-state index contributed by atoms with van der Waals surface area (Å²) >= 11 is 0. The Morgan fingerprint density at radius 2 is 1.76 bits per heavy atom. The molecule has 1 aromatic carbocycles. The van der Waals surface area contributed by atoms with Crippen molar-refractivity contribution in [2.75, 3.05) is 7.05 Å². The van der Waals surface area contributed by atoms with Crippen LogP contribution in [0.5, 0.6) is 0 Å². The molecule has 1 N–H and O–H groups in total. The molecule has 2 rings (SSSR count). The molecule has 0 aliphatic heterocycles. The molecule has 0 fully saturated rings. The first-order chi connectivity index (χ1) is 10.2. The number of nitrogens with one attached hydrogen (secondary N) is 1. The number of aromatic nitrogens is 1. The van der Waals surface area contributed by atoms with Gasteiger partial charge in [-0.1, -0.05) is 44.2 Å². The second-order valence-corrected chi connectivity index (χ2v) is 5.68. The molecule has 21 heavy (non-hydrogen) atoms. The van der Waals surface area contributed by atoms with Gasteiger partial charge in [-0.15, -0.1) is 0 Å². The van der Waals surface area contributed by atoms with E-state index in [1.165, 1.54) is 16.7 Å². The zero-order chi connectivity index (χ0) is 15.3. The molecule has 2 aromatic rings. The van der Waals surface area contributed by atoms with Crippen molar-refractivity contribution < 1.29 is 0 Å². The maximum Gasteiger partial charge on any atom is 0.0433 e. The molecule has 0 amide bonds. The molecular formula is C19H26N2. The van der Waals surface area contributed by atoms with E-state index in [4.69, 9.17) is 0 Å². The zero-order valence-electron chi connectivity index (χ0n) is 13.6. The highest BCUT2D eigenvalue weighted by Crippen LogP contribution is 2.43. The van der Waals surface area contributed by atoms with Crippen molar-refractivity contribution in [1.29, 1.82) is 0 Å². The Balaban J connectivity index is 2.57. The Morgan fingerprint density at radius 3 is 2.29 bits per heavy atom. The first-order valence-corrected chi connectivity index (χ1v) is 7.83. The molecule has 0 aliphatic carbocycles. The summed E-state index contributed by atoms with van der Waals surface area (Å²) in [6, 6.07) is 13.2. The smallest absolute Gasteiger partial charge is 0.0433 e. The molecule has 1 heterocycles. The van der Waals surface area contributed by atoms with E-state index >= 15 is 0 Å². The summed E-state index contributed by atoms with van der Waals surface area (Å²) in [5.74, 6) is 0. The minimum absolute atomic E-state index is 0.0871. The van der Waals surface area contributed by atoms with Crippen LogP contribution in [-0.2, 0) is 5.41 Å². The van der Waals surface area contributed by atoms with E-state index in [0.717, 1.165) is 12.8 Å². The van der Waals surface area contributed by atoms with Crippen LogP contribution in [0.1, 0.15) is 49.4 Å². The van der Waals surface area contributed by atoms with E-state index in [1.807, 2.05) is 12.4 Å². The van der Waals surface area contributed by atoms with Gasteiger partial charge in [0.1, 0.15) is 0 Å². The molecule has 0 saturated heterocycles. The molecule has 2 nitrogen and oxygen atoms in total. The maximum absolute atomic E-state index is 4.35. The molecule has 0 bridgehead atoms. The average molecular weight is 282 g/mol. The Bertz CT molecular complexity index is 559. The van der Waals surface area contributed by atoms with Crippen LogP contribution in [0, 0.1) is 6.92 Å². The van der Waals surface area contributed by atoms with E-state index in [1.54, 1.807) is 0 Å². The van der Waals surface area contributed by atoms with Gasteiger partial charge in [-0.25, -0.2) is 0 Å². The summed E-state index contributed by atoms with van der Waals surface area (Å²) in [6.45, 7) is 6.74. The van der Waals surface area contributed by atoms with E-state index in [-0.39, 0.29) is 11.5 Å². The van der Waals surface area contributed by atoms with E-state index in [0.29, 0.717) is 0 Å². The Morgan fingerprint density at radius 1 is 1.10 bits per heavy atom. The van der Waals surface area contributed by atoms with Gasteiger partial charge >= 0.3 is 0 Å². The third kappa shape index (κ3) is 2.86. The fraction of sp³-hybridized carbons (Fsp3) is 0.421. The molecule has 2 heteroatoms. The Kier molecular flexibility index (Phi) is 5.13. The summed E-state index contributed by atoms with van der Waals surface area (Å²) in [7, 11) is 2.06. The van der Waals surface area contributed by atoms with Crippen molar-refractivity contribution in [3.05, 3.63) is 65.5 Å². The Labute approximate surface area is 128 Å². The highest BCUT2D eigenvalue weighted by molar-refractivity contribution is 5.35. The number of aryl methyl sites for hydroxylation is 1. The van der Waals surface area contributed by atoms with Crippen molar-refractivity contribution in [2.24, 2.45) is 0 Å². The van der Waals surface area contributed by atoms with Gasteiger partial charge in [0.15, 0.2) is 0 Å². The van der Waals surface area contributed by atoms with Crippen LogP contribution in [0.4, 0.5) is 0 Å². The van der Waals surface area contributed by atoms with Gasteiger partial charge < -0.3 is 5.32 Å². The van der Waals surface area contributed by atoms with Crippen molar-refractivity contribution >= 4 is 0 Å². The lowest BCUT2D eigenvalue weighted by molar-refractivity contribution is 0.285. The molecule has 0 radical (unpaired) electrons. The van der Waals surface area contributed by atoms with Crippen molar-refractivity contribution in [3.8, 4) is 0 Å². The largest absolute Gasteiger partial charge is 0.312 e. The number of nitrogens with zero attached hydrogens (tertiary/aromatic N) is 1. The van der Waals surface area contributed by atoms with Crippen LogP contribution in [0.15, 0.2) is 48.8 Å². The lowest BCUT2D eigenvalue weighted by Gasteiger charge is -2.41. The quantitative estimate of drug-likeness (QED) is 0.849. The van der Waals surface area contributed by atoms with Gasteiger partial charge in [0.25, 0.3) is 0 Å². The summed E-state index contributed by atoms with van der Waals surface area (Å²) in [5.41, 5.74) is 4.08. The second-order valence-electron chi connectivity index (χ2n) is 5.68. The number of hydrogen-bond donors (Lipinski definition) is 1. The van der Waals surface area contributed by atoms with Crippen LogP contribution < -0.4 is 5.32 Å². The highest BCUT2D eigenvalue weighted by Gasteiger charge is 2.38. The first-order valence-electron chi connectivity index (χ1n) is 7.83. The second kappa shape index (κ2) is 6.86. The van der Waals surface area contributed by atoms with Gasteiger partial charge in [0.05, 0.1) is 0 Å². The van der Waals surface area contributed by atoms with E-state index < -0.39 is 0 Å². The Hall–Kier alpha value is -1.67. The summed E-state index contributed by atoms with van der Waals surface area (Å²) in [5, 5.41) is 3.56. The monoisotopic (exact) mass is 282 g/mol. The van der Waals surface area contributed by atoms with Gasteiger partial charge in [0, 0.05) is 23.9 Å². The zero-order valence-corrected chi connectivity index (χ0v) is 13.6. The number of pyridine rings is 1. The van der Waals surface area contributed by atoms with Crippen molar-refractivity contribution in [3.63, 3.8) is 0 Å². The first kappa shape index (κ1) is 15.7. The molecule has 112 valence electrons. The van der Waals surface area contributed by atoms with E-state index in [2.05, 4.69) is 74.5 Å². The predicted octanol–water partition coefficient (Wildman–Crippen LogP) is 4.41. The number of rotatable bonds is 6. The predicted molar refractivity (Wildman–Crippen MR) is 89.5 cm³/mol. The molecule has 0 aliphatic rings. The minimum atomic E-state index is 0.0871. The van der Waals surface area contributed by atoms with Gasteiger partial charge in [-0.2, -0.15) is 0 Å². The van der Waals surface area contributed by atoms with Crippen LogP contribution in [0.25, 0.3) is 0 Å². The van der Waals surface area contributed by atoms with Crippen LogP contribution in [0.3, 0.4) is 0 Å². The normalized spacial score (nSPS) is 13.1. The fourth-order valence-corrected chi connectivity index (χ4v) is 3.51. The highest BCUT2D eigenvalue weighted by atomic mass is 14.9. The molecule has 0 spiro atoms. The van der Waals surface area contributed by atoms with Crippen molar-refractivity contribution in [1.82, 2.24) is 10.3 Å². The van der Waals surface area contributed by atoms with E-state index in [9.17, 15) is 0 Å². The fourth-order valence-electron chi connectivity index (χ4n) is 3.51.